The van der Waals surface area contributed by atoms with E-state index in [4.69, 9.17) is 11.6 Å². The summed E-state index contributed by atoms with van der Waals surface area (Å²) in [6.45, 7) is 9.68. The van der Waals surface area contributed by atoms with Gasteiger partial charge in [-0.15, -0.1) is 11.6 Å². The molecule has 0 saturated carbocycles. The van der Waals surface area contributed by atoms with E-state index in [1.807, 2.05) is 18.7 Å². The van der Waals surface area contributed by atoms with Crippen molar-refractivity contribution in [2.24, 2.45) is 12.5 Å². The molecule has 1 heterocycles. The Kier molecular flexibility index (Phi) is 3.89. The van der Waals surface area contributed by atoms with Crippen molar-refractivity contribution in [3.63, 3.8) is 0 Å². The molecule has 0 spiro atoms. The van der Waals surface area contributed by atoms with Crippen LogP contribution in [0.15, 0.2) is 0 Å². The highest BCUT2D eigenvalue weighted by Gasteiger charge is 2.20. The number of aromatic nitrogens is 2. The summed E-state index contributed by atoms with van der Waals surface area (Å²) in [4.78, 5) is 2.23. The molecule has 1 rings (SSSR count). The number of anilines is 1. The van der Waals surface area contributed by atoms with Crippen molar-refractivity contribution < 1.29 is 0 Å². The van der Waals surface area contributed by atoms with Gasteiger partial charge in [0, 0.05) is 26.2 Å². The third-order valence-electron chi connectivity index (χ3n) is 2.52. The Bertz CT molecular complexity index is 363. The van der Waals surface area contributed by atoms with Crippen LogP contribution in [0.2, 0.25) is 0 Å². The second-order valence-corrected chi connectivity index (χ2v) is 5.83. The predicted molar refractivity (Wildman–Crippen MR) is 70.2 cm³/mol. The Balaban J connectivity index is 3.03. The normalized spacial score (nSPS) is 11.9. The highest BCUT2D eigenvalue weighted by molar-refractivity contribution is 6.17. The molecule has 0 N–H and O–H groups in total. The Morgan fingerprint density at radius 3 is 2.38 bits per heavy atom. The Morgan fingerprint density at radius 2 is 1.94 bits per heavy atom. The molecule has 0 amide bonds. The molecule has 0 radical (unpaired) electrons. The van der Waals surface area contributed by atoms with Crippen LogP contribution in [0.3, 0.4) is 0 Å². The van der Waals surface area contributed by atoms with Crippen LogP contribution in [0.25, 0.3) is 0 Å². The molecule has 4 heteroatoms. The van der Waals surface area contributed by atoms with Crippen LogP contribution >= 0.6 is 11.6 Å². The first kappa shape index (κ1) is 13.4. The molecule has 1 aromatic rings. The van der Waals surface area contributed by atoms with E-state index in [1.54, 1.807) is 0 Å². The second-order valence-electron chi connectivity index (χ2n) is 5.56. The van der Waals surface area contributed by atoms with E-state index < -0.39 is 0 Å². The standard InChI is InChI=1S/C12H22ClN3/c1-9-10(7-13)11(16(6)14-9)15(5)8-12(2,3)4/h7-8H2,1-6H3. The first-order valence-corrected chi connectivity index (χ1v) is 6.09. The van der Waals surface area contributed by atoms with Gasteiger partial charge in [0.25, 0.3) is 0 Å². The van der Waals surface area contributed by atoms with Crippen molar-refractivity contribution in [2.75, 3.05) is 18.5 Å². The van der Waals surface area contributed by atoms with E-state index >= 15 is 0 Å². The maximum absolute atomic E-state index is 5.99. The van der Waals surface area contributed by atoms with Crippen molar-refractivity contribution >= 4 is 17.4 Å². The third kappa shape index (κ3) is 2.91. The number of hydrogen-bond donors (Lipinski definition) is 0. The zero-order valence-corrected chi connectivity index (χ0v) is 11.9. The van der Waals surface area contributed by atoms with Gasteiger partial charge in [-0.2, -0.15) is 5.10 Å². The molecule has 0 bridgehead atoms. The maximum Gasteiger partial charge on any atom is 0.130 e. The topological polar surface area (TPSA) is 21.1 Å². The fourth-order valence-corrected chi connectivity index (χ4v) is 2.42. The van der Waals surface area contributed by atoms with Gasteiger partial charge in [-0.05, 0) is 12.3 Å². The molecule has 0 aromatic carbocycles. The molecule has 92 valence electrons. The molecule has 0 fully saturated rings. The molecule has 0 unspecified atom stereocenters. The van der Waals surface area contributed by atoms with Crippen LogP contribution in [0, 0.1) is 12.3 Å². The number of hydrogen-bond acceptors (Lipinski definition) is 2. The van der Waals surface area contributed by atoms with Gasteiger partial charge in [0.15, 0.2) is 0 Å². The van der Waals surface area contributed by atoms with Crippen LogP contribution in [0.4, 0.5) is 5.82 Å². The summed E-state index contributed by atoms with van der Waals surface area (Å²) < 4.78 is 1.92. The zero-order chi connectivity index (χ0) is 12.5. The van der Waals surface area contributed by atoms with Crippen molar-refractivity contribution in [3.05, 3.63) is 11.3 Å². The Hall–Kier alpha value is -0.700. The number of alkyl halides is 1. The maximum atomic E-state index is 5.99. The fraction of sp³-hybridized carbons (Fsp3) is 0.750. The molecule has 0 atom stereocenters. The highest BCUT2D eigenvalue weighted by Crippen LogP contribution is 2.26. The van der Waals surface area contributed by atoms with Crippen LogP contribution in [0.5, 0.6) is 0 Å². The summed E-state index contributed by atoms with van der Waals surface area (Å²) >= 11 is 5.99. The summed E-state index contributed by atoms with van der Waals surface area (Å²) in [5, 5.41) is 4.42. The lowest BCUT2D eigenvalue weighted by Gasteiger charge is -2.28. The van der Waals surface area contributed by atoms with E-state index in [-0.39, 0.29) is 5.41 Å². The summed E-state index contributed by atoms with van der Waals surface area (Å²) in [6, 6.07) is 0. The molecule has 0 aliphatic rings. The summed E-state index contributed by atoms with van der Waals surface area (Å²) in [7, 11) is 4.06. The molecular weight excluding hydrogens is 222 g/mol. The Morgan fingerprint density at radius 1 is 1.38 bits per heavy atom. The van der Waals surface area contributed by atoms with Crippen molar-refractivity contribution in [2.45, 2.75) is 33.6 Å². The van der Waals surface area contributed by atoms with E-state index in [2.05, 4.69) is 37.8 Å². The molecule has 16 heavy (non-hydrogen) atoms. The van der Waals surface area contributed by atoms with E-state index in [0.29, 0.717) is 5.88 Å². The number of aryl methyl sites for hydroxylation is 2. The smallest absolute Gasteiger partial charge is 0.130 e. The Labute approximate surface area is 103 Å². The van der Waals surface area contributed by atoms with E-state index in [9.17, 15) is 0 Å². The van der Waals surface area contributed by atoms with Crippen molar-refractivity contribution in [1.29, 1.82) is 0 Å². The summed E-state index contributed by atoms with van der Waals surface area (Å²) in [5.74, 6) is 1.64. The monoisotopic (exact) mass is 243 g/mol. The van der Waals surface area contributed by atoms with Crippen LogP contribution in [-0.4, -0.2) is 23.4 Å². The first-order valence-electron chi connectivity index (χ1n) is 5.56. The lowest BCUT2D eigenvalue weighted by Crippen LogP contribution is -2.31. The van der Waals surface area contributed by atoms with Crippen molar-refractivity contribution in [3.8, 4) is 0 Å². The van der Waals surface area contributed by atoms with Gasteiger partial charge in [0.05, 0.1) is 11.6 Å². The van der Waals surface area contributed by atoms with Gasteiger partial charge < -0.3 is 4.90 Å². The minimum absolute atomic E-state index is 0.260. The summed E-state index contributed by atoms with van der Waals surface area (Å²) in [5.41, 5.74) is 2.42. The lowest BCUT2D eigenvalue weighted by atomic mass is 9.96. The van der Waals surface area contributed by atoms with Gasteiger partial charge in [-0.25, -0.2) is 0 Å². The molecule has 0 aliphatic heterocycles. The van der Waals surface area contributed by atoms with Gasteiger partial charge >= 0.3 is 0 Å². The van der Waals surface area contributed by atoms with Crippen LogP contribution in [-0.2, 0) is 12.9 Å². The molecule has 1 aromatic heterocycles. The average molecular weight is 244 g/mol. The van der Waals surface area contributed by atoms with Gasteiger partial charge in [-0.1, -0.05) is 20.8 Å². The quantitative estimate of drug-likeness (QED) is 0.762. The minimum atomic E-state index is 0.260. The van der Waals surface area contributed by atoms with Crippen LogP contribution < -0.4 is 4.90 Å². The number of rotatable bonds is 3. The molecule has 3 nitrogen and oxygen atoms in total. The molecule has 0 saturated heterocycles. The van der Waals surface area contributed by atoms with E-state index in [1.165, 1.54) is 0 Å². The van der Waals surface area contributed by atoms with Gasteiger partial charge in [-0.3, -0.25) is 4.68 Å². The zero-order valence-electron chi connectivity index (χ0n) is 11.1. The molecular formula is C12H22ClN3. The average Bonchev–Trinajstić information content (AvgIpc) is 2.37. The highest BCUT2D eigenvalue weighted by atomic mass is 35.5. The third-order valence-corrected chi connectivity index (χ3v) is 2.79. The number of halogens is 1. The number of nitrogens with zero attached hydrogens (tertiary/aromatic N) is 3. The largest absolute Gasteiger partial charge is 0.359 e. The minimum Gasteiger partial charge on any atom is -0.359 e. The lowest BCUT2D eigenvalue weighted by molar-refractivity contribution is 0.415. The second kappa shape index (κ2) is 4.66. The van der Waals surface area contributed by atoms with E-state index in [0.717, 1.165) is 23.6 Å². The van der Waals surface area contributed by atoms with Crippen LogP contribution in [0.1, 0.15) is 32.0 Å². The summed E-state index contributed by atoms with van der Waals surface area (Å²) in [6.07, 6.45) is 0. The fourth-order valence-electron chi connectivity index (χ4n) is 2.11. The van der Waals surface area contributed by atoms with Gasteiger partial charge in [0.1, 0.15) is 5.82 Å². The first-order chi connectivity index (χ1) is 7.26. The predicted octanol–water partition coefficient (Wildman–Crippen LogP) is 2.95. The van der Waals surface area contributed by atoms with Gasteiger partial charge in [0.2, 0.25) is 0 Å². The SMILES string of the molecule is Cc1nn(C)c(N(C)CC(C)(C)C)c1CCl. The van der Waals surface area contributed by atoms with Crippen molar-refractivity contribution in [1.82, 2.24) is 9.78 Å². The molecule has 0 aliphatic carbocycles.